The molecule has 19 heavy (non-hydrogen) atoms. The Kier molecular flexibility index (Phi) is 3.95. The highest BCUT2D eigenvalue weighted by atomic mass is 16.5. The van der Waals surface area contributed by atoms with E-state index in [0.717, 1.165) is 11.3 Å². The summed E-state index contributed by atoms with van der Waals surface area (Å²) in [5.41, 5.74) is 10.1. The summed E-state index contributed by atoms with van der Waals surface area (Å²) in [5, 5.41) is 0. The van der Waals surface area contributed by atoms with Gasteiger partial charge in [0.2, 0.25) is 0 Å². The minimum absolute atomic E-state index is 0.513. The Labute approximate surface area is 114 Å². The predicted molar refractivity (Wildman–Crippen MR) is 77.7 cm³/mol. The second-order valence-electron chi connectivity index (χ2n) is 4.69. The van der Waals surface area contributed by atoms with E-state index in [4.69, 9.17) is 15.2 Å². The highest BCUT2D eigenvalue weighted by molar-refractivity contribution is 5.56. The summed E-state index contributed by atoms with van der Waals surface area (Å²) in [5.74, 6) is 1.41. The first-order valence-electron chi connectivity index (χ1n) is 6.22. The van der Waals surface area contributed by atoms with E-state index in [0.29, 0.717) is 18.0 Å². The topological polar surface area (TPSA) is 44.5 Å². The first kappa shape index (κ1) is 13.3. The van der Waals surface area contributed by atoms with Crippen LogP contribution in [0.4, 0.5) is 5.69 Å². The number of methoxy groups -OCH3 is 1. The molecule has 0 radical (unpaired) electrons. The molecular formula is C16H19NO2. The average molecular weight is 257 g/mol. The van der Waals surface area contributed by atoms with Crippen LogP contribution in [0.25, 0.3) is 0 Å². The van der Waals surface area contributed by atoms with Gasteiger partial charge >= 0.3 is 0 Å². The number of benzene rings is 2. The van der Waals surface area contributed by atoms with Crippen molar-refractivity contribution in [1.29, 1.82) is 0 Å². The van der Waals surface area contributed by atoms with E-state index in [9.17, 15) is 0 Å². The smallest absolute Gasteiger partial charge is 0.142 e. The quantitative estimate of drug-likeness (QED) is 0.853. The van der Waals surface area contributed by atoms with Gasteiger partial charge in [0.15, 0.2) is 0 Å². The third-order valence-electron chi connectivity index (χ3n) is 2.89. The van der Waals surface area contributed by atoms with Crippen LogP contribution in [-0.2, 0) is 6.61 Å². The monoisotopic (exact) mass is 257 g/mol. The molecule has 0 aliphatic rings. The molecule has 0 aliphatic heterocycles. The molecule has 2 aromatic rings. The zero-order valence-electron chi connectivity index (χ0n) is 11.6. The van der Waals surface area contributed by atoms with E-state index in [2.05, 4.69) is 32.0 Å². The van der Waals surface area contributed by atoms with Crippen LogP contribution in [0.1, 0.15) is 16.7 Å². The molecule has 2 rings (SSSR count). The molecule has 3 nitrogen and oxygen atoms in total. The highest BCUT2D eigenvalue weighted by Gasteiger charge is 2.03. The number of aryl methyl sites for hydroxylation is 2. The van der Waals surface area contributed by atoms with Crippen molar-refractivity contribution in [2.45, 2.75) is 20.5 Å². The number of nitrogen functional groups attached to an aromatic ring is 1. The molecule has 0 aromatic heterocycles. The molecule has 0 unspecified atom stereocenters. The second kappa shape index (κ2) is 5.65. The Morgan fingerprint density at radius 1 is 1.00 bits per heavy atom. The third kappa shape index (κ3) is 3.41. The van der Waals surface area contributed by atoms with Crippen molar-refractivity contribution >= 4 is 5.69 Å². The van der Waals surface area contributed by atoms with Gasteiger partial charge in [-0.15, -0.1) is 0 Å². The summed E-state index contributed by atoms with van der Waals surface area (Å²) in [6.45, 7) is 4.68. The van der Waals surface area contributed by atoms with Crippen LogP contribution >= 0.6 is 0 Å². The summed E-state index contributed by atoms with van der Waals surface area (Å²) in [4.78, 5) is 0. The van der Waals surface area contributed by atoms with Gasteiger partial charge in [0.1, 0.15) is 18.1 Å². The summed E-state index contributed by atoms with van der Waals surface area (Å²) in [7, 11) is 1.62. The Bertz CT molecular complexity index is 559. The van der Waals surface area contributed by atoms with Crippen molar-refractivity contribution in [2.75, 3.05) is 12.8 Å². The van der Waals surface area contributed by atoms with Gasteiger partial charge in [-0.2, -0.15) is 0 Å². The maximum absolute atomic E-state index is 5.92. The minimum Gasteiger partial charge on any atom is -0.497 e. The van der Waals surface area contributed by atoms with Crippen molar-refractivity contribution in [2.24, 2.45) is 0 Å². The molecule has 0 saturated carbocycles. The molecule has 0 spiro atoms. The third-order valence-corrected chi connectivity index (χ3v) is 2.89. The fourth-order valence-corrected chi connectivity index (χ4v) is 2.10. The number of anilines is 1. The fraction of sp³-hybridized carbons (Fsp3) is 0.250. The first-order valence-corrected chi connectivity index (χ1v) is 6.22. The summed E-state index contributed by atoms with van der Waals surface area (Å²) < 4.78 is 10.9. The summed E-state index contributed by atoms with van der Waals surface area (Å²) >= 11 is 0. The molecule has 100 valence electrons. The lowest BCUT2D eigenvalue weighted by atomic mass is 10.1. The van der Waals surface area contributed by atoms with Gasteiger partial charge in [-0.1, -0.05) is 29.3 Å². The number of hydrogen-bond acceptors (Lipinski definition) is 3. The molecule has 2 aromatic carbocycles. The first-order chi connectivity index (χ1) is 9.08. The van der Waals surface area contributed by atoms with Crippen molar-refractivity contribution < 1.29 is 9.47 Å². The van der Waals surface area contributed by atoms with E-state index in [1.54, 1.807) is 13.2 Å². The van der Waals surface area contributed by atoms with Gasteiger partial charge in [0, 0.05) is 6.07 Å². The van der Waals surface area contributed by atoms with E-state index < -0.39 is 0 Å². The van der Waals surface area contributed by atoms with E-state index in [1.807, 2.05) is 12.1 Å². The van der Waals surface area contributed by atoms with E-state index in [-0.39, 0.29) is 0 Å². The van der Waals surface area contributed by atoms with E-state index in [1.165, 1.54) is 11.1 Å². The lowest BCUT2D eigenvalue weighted by molar-refractivity contribution is 0.307. The predicted octanol–water partition coefficient (Wildman–Crippen LogP) is 3.47. The number of hydrogen-bond donors (Lipinski definition) is 1. The van der Waals surface area contributed by atoms with Gasteiger partial charge in [0.25, 0.3) is 0 Å². The molecule has 0 aliphatic carbocycles. The van der Waals surface area contributed by atoms with Crippen LogP contribution in [-0.4, -0.2) is 7.11 Å². The zero-order chi connectivity index (χ0) is 13.8. The second-order valence-corrected chi connectivity index (χ2v) is 4.69. The van der Waals surface area contributed by atoms with Gasteiger partial charge in [0.05, 0.1) is 12.8 Å². The van der Waals surface area contributed by atoms with Crippen molar-refractivity contribution in [3.8, 4) is 11.5 Å². The minimum atomic E-state index is 0.513. The molecule has 3 heteroatoms. The molecule has 0 heterocycles. The number of ether oxygens (including phenoxy) is 2. The lowest BCUT2D eigenvalue weighted by Crippen LogP contribution is -2.00. The van der Waals surface area contributed by atoms with Crippen LogP contribution in [0.3, 0.4) is 0 Å². The Morgan fingerprint density at radius 3 is 2.26 bits per heavy atom. The van der Waals surface area contributed by atoms with Gasteiger partial charge in [-0.25, -0.2) is 0 Å². The van der Waals surface area contributed by atoms with Gasteiger partial charge in [-0.3, -0.25) is 0 Å². The summed E-state index contributed by atoms with van der Waals surface area (Å²) in [6, 6.07) is 11.8. The maximum Gasteiger partial charge on any atom is 0.142 e. The van der Waals surface area contributed by atoms with Crippen molar-refractivity contribution in [3.63, 3.8) is 0 Å². The molecule has 0 fully saturated rings. The SMILES string of the molecule is COc1ccc(OCc2cc(C)cc(C)c2)c(N)c1. The maximum atomic E-state index is 5.92. The number of rotatable bonds is 4. The highest BCUT2D eigenvalue weighted by Crippen LogP contribution is 2.27. The van der Waals surface area contributed by atoms with Crippen LogP contribution in [0.15, 0.2) is 36.4 Å². The van der Waals surface area contributed by atoms with Crippen LogP contribution in [0, 0.1) is 13.8 Å². The molecule has 2 N–H and O–H groups in total. The zero-order valence-corrected chi connectivity index (χ0v) is 11.6. The molecule has 0 atom stereocenters. The lowest BCUT2D eigenvalue weighted by Gasteiger charge is -2.11. The average Bonchev–Trinajstić information content (AvgIpc) is 2.36. The Hall–Kier alpha value is -2.16. The van der Waals surface area contributed by atoms with Crippen LogP contribution in [0.5, 0.6) is 11.5 Å². The molecule has 0 saturated heterocycles. The van der Waals surface area contributed by atoms with Crippen LogP contribution in [0.2, 0.25) is 0 Å². The molecule has 0 amide bonds. The summed E-state index contributed by atoms with van der Waals surface area (Å²) in [6.07, 6.45) is 0. The normalized spacial score (nSPS) is 10.3. The standard InChI is InChI=1S/C16H19NO2/c1-11-6-12(2)8-13(7-11)10-19-16-5-4-14(18-3)9-15(16)17/h4-9H,10,17H2,1-3H3. The number of nitrogens with two attached hydrogens (primary N) is 1. The Morgan fingerprint density at radius 2 is 1.68 bits per heavy atom. The van der Waals surface area contributed by atoms with Crippen molar-refractivity contribution in [3.05, 3.63) is 53.1 Å². The largest absolute Gasteiger partial charge is 0.497 e. The van der Waals surface area contributed by atoms with Crippen molar-refractivity contribution in [1.82, 2.24) is 0 Å². The van der Waals surface area contributed by atoms with Gasteiger partial charge < -0.3 is 15.2 Å². The molecule has 0 bridgehead atoms. The van der Waals surface area contributed by atoms with Gasteiger partial charge in [-0.05, 0) is 31.5 Å². The Balaban J connectivity index is 2.10. The fourth-order valence-electron chi connectivity index (χ4n) is 2.10. The molecular weight excluding hydrogens is 238 g/mol. The van der Waals surface area contributed by atoms with Crippen LogP contribution < -0.4 is 15.2 Å². The van der Waals surface area contributed by atoms with E-state index >= 15 is 0 Å².